The predicted molar refractivity (Wildman–Crippen MR) is 117 cm³/mol. The molecule has 2 fully saturated rings. The second kappa shape index (κ2) is 10.4. The van der Waals surface area contributed by atoms with Gasteiger partial charge in [-0.1, -0.05) is 25.3 Å². The van der Waals surface area contributed by atoms with E-state index in [9.17, 15) is 9.59 Å². The van der Waals surface area contributed by atoms with Gasteiger partial charge in [-0.3, -0.25) is 19.6 Å². The van der Waals surface area contributed by atoms with Crippen molar-refractivity contribution in [1.82, 2.24) is 19.8 Å². The molecule has 4 rings (SSSR count). The van der Waals surface area contributed by atoms with Gasteiger partial charge in [-0.15, -0.1) is 0 Å². The number of piperazine rings is 1. The minimum absolute atomic E-state index is 0.0101. The highest BCUT2D eigenvalue weighted by Crippen LogP contribution is 2.25. The fourth-order valence-electron chi connectivity index (χ4n) is 4.32. The first-order valence-electron chi connectivity index (χ1n) is 11.2. The van der Waals surface area contributed by atoms with E-state index in [0.29, 0.717) is 43.4 Å². The Labute approximate surface area is 183 Å². The van der Waals surface area contributed by atoms with Crippen LogP contribution in [0.25, 0.3) is 0 Å². The van der Waals surface area contributed by atoms with E-state index in [-0.39, 0.29) is 18.2 Å². The Kier molecular flexibility index (Phi) is 7.12. The molecule has 1 aromatic heterocycles. The Morgan fingerprint density at radius 3 is 2.52 bits per heavy atom. The molecule has 0 radical (unpaired) electrons. The average Bonchev–Trinajstić information content (AvgIpc) is 2.84. The van der Waals surface area contributed by atoms with Gasteiger partial charge in [0, 0.05) is 50.3 Å². The summed E-state index contributed by atoms with van der Waals surface area (Å²) in [6.07, 6.45) is 11.4. The Balaban J connectivity index is 1.27. The van der Waals surface area contributed by atoms with E-state index in [1.54, 1.807) is 23.5 Å². The topological polar surface area (TPSA) is 75.6 Å². The summed E-state index contributed by atoms with van der Waals surface area (Å²) < 4.78 is 5.99. The number of carbonyl (C=O) groups excluding carboxylic acids is 2. The molecule has 2 aliphatic rings. The standard InChI is InChI=1S/C24H30N4O3/c29-23(16-21-17-25-9-10-26-21)27-11-13-28(14-12-27)24(30)20-7-4-8-22(15-20)31-18-19-5-2-1-3-6-19/h4,7-10,15,17,19H,1-3,5-6,11-14,16,18H2. The molecule has 1 saturated carbocycles. The number of ether oxygens (including phenoxy) is 1. The molecular weight excluding hydrogens is 392 g/mol. The summed E-state index contributed by atoms with van der Waals surface area (Å²) in [6.45, 7) is 2.84. The predicted octanol–water partition coefficient (Wildman–Crippen LogP) is 2.96. The van der Waals surface area contributed by atoms with Crippen LogP contribution in [0, 0.1) is 5.92 Å². The highest BCUT2D eigenvalue weighted by atomic mass is 16.5. The van der Waals surface area contributed by atoms with Crippen LogP contribution in [0.3, 0.4) is 0 Å². The lowest BCUT2D eigenvalue weighted by molar-refractivity contribution is -0.132. The molecule has 0 atom stereocenters. The minimum Gasteiger partial charge on any atom is -0.493 e. The van der Waals surface area contributed by atoms with E-state index in [2.05, 4.69) is 9.97 Å². The summed E-state index contributed by atoms with van der Waals surface area (Å²) in [5.74, 6) is 1.39. The number of nitrogens with zero attached hydrogens (tertiary/aromatic N) is 4. The van der Waals surface area contributed by atoms with Crippen molar-refractivity contribution in [3.8, 4) is 5.75 Å². The monoisotopic (exact) mass is 422 g/mol. The lowest BCUT2D eigenvalue weighted by Crippen LogP contribution is -2.51. The van der Waals surface area contributed by atoms with Gasteiger partial charge in [-0.25, -0.2) is 0 Å². The van der Waals surface area contributed by atoms with Gasteiger partial charge in [0.1, 0.15) is 5.75 Å². The summed E-state index contributed by atoms with van der Waals surface area (Å²) in [5.41, 5.74) is 1.30. The van der Waals surface area contributed by atoms with Gasteiger partial charge in [0.15, 0.2) is 0 Å². The van der Waals surface area contributed by atoms with E-state index in [1.165, 1.54) is 32.1 Å². The Morgan fingerprint density at radius 2 is 1.77 bits per heavy atom. The van der Waals surface area contributed by atoms with Crippen molar-refractivity contribution in [3.05, 3.63) is 54.1 Å². The van der Waals surface area contributed by atoms with Gasteiger partial charge in [0.2, 0.25) is 5.91 Å². The molecule has 1 aromatic carbocycles. The highest BCUT2D eigenvalue weighted by molar-refractivity contribution is 5.94. The lowest BCUT2D eigenvalue weighted by atomic mass is 9.90. The van der Waals surface area contributed by atoms with Gasteiger partial charge < -0.3 is 14.5 Å². The summed E-state index contributed by atoms with van der Waals surface area (Å²) in [5, 5.41) is 0. The van der Waals surface area contributed by atoms with Crippen LogP contribution < -0.4 is 4.74 Å². The van der Waals surface area contributed by atoms with Crippen LogP contribution in [0.5, 0.6) is 5.75 Å². The van der Waals surface area contributed by atoms with Gasteiger partial charge in [-0.2, -0.15) is 0 Å². The average molecular weight is 423 g/mol. The lowest BCUT2D eigenvalue weighted by Gasteiger charge is -2.35. The molecule has 0 unspecified atom stereocenters. The van der Waals surface area contributed by atoms with Crippen LogP contribution in [0.1, 0.15) is 48.2 Å². The van der Waals surface area contributed by atoms with Crippen molar-refractivity contribution in [2.24, 2.45) is 5.92 Å². The molecule has 7 heteroatoms. The van der Waals surface area contributed by atoms with Crippen molar-refractivity contribution in [2.75, 3.05) is 32.8 Å². The number of benzene rings is 1. The molecule has 164 valence electrons. The quantitative estimate of drug-likeness (QED) is 0.715. The molecule has 31 heavy (non-hydrogen) atoms. The van der Waals surface area contributed by atoms with Crippen molar-refractivity contribution < 1.29 is 14.3 Å². The molecular formula is C24H30N4O3. The number of hydrogen-bond acceptors (Lipinski definition) is 5. The SMILES string of the molecule is O=C(Cc1cnccn1)N1CCN(C(=O)c2cccc(OCC3CCCCC3)c2)CC1. The van der Waals surface area contributed by atoms with Crippen LogP contribution in [0.4, 0.5) is 0 Å². The fourth-order valence-corrected chi connectivity index (χ4v) is 4.32. The zero-order valence-corrected chi connectivity index (χ0v) is 17.9. The molecule has 1 aliphatic carbocycles. The molecule has 1 aliphatic heterocycles. The Morgan fingerprint density at radius 1 is 1.00 bits per heavy atom. The van der Waals surface area contributed by atoms with Gasteiger partial charge in [0.05, 0.1) is 18.7 Å². The van der Waals surface area contributed by atoms with Crippen LogP contribution in [0.15, 0.2) is 42.9 Å². The third-order valence-corrected chi connectivity index (χ3v) is 6.16. The molecule has 2 amide bonds. The van der Waals surface area contributed by atoms with E-state index in [4.69, 9.17) is 4.74 Å². The largest absolute Gasteiger partial charge is 0.493 e. The molecule has 2 heterocycles. The van der Waals surface area contributed by atoms with Crippen molar-refractivity contribution in [3.63, 3.8) is 0 Å². The molecule has 1 saturated heterocycles. The van der Waals surface area contributed by atoms with E-state index in [1.807, 2.05) is 29.2 Å². The molecule has 0 spiro atoms. The molecule has 0 N–H and O–H groups in total. The maximum Gasteiger partial charge on any atom is 0.254 e. The first kappa shape index (κ1) is 21.3. The normalized spacial score (nSPS) is 17.4. The second-order valence-corrected chi connectivity index (χ2v) is 8.39. The second-order valence-electron chi connectivity index (χ2n) is 8.39. The maximum absolute atomic E-state index is 13.0. The van der Waals surface area contributed by atoms with Gasteiger partial charge in [-0.05, 0) is 37.0 Å². The van der Waals surface area contributed by atoms with E-state index >= 15 is 0 Å². The zero-order valence-electron chi connectivity index (χ0n) is 17.9. The van der Waals surface area contributed by atoms with Crippen molar-refractivity contribution >= 4 is 11.8 Å². The Bertz CT molecular complexity index is 875. The smallest absolute Gasteiger partial charge is 0.254 e. The third-order valence-electron chi connectivity index (χ3n) is 6.16. The van der Waals surface area contributed by atoms with E-state index < -0.39 is 0 Å². The first-order chi connectivity index (χ1) is 15.2. The van der Waals surface area contributed by atoms with Crippen LogP contribution in [-0.4, -0.2) is 64.4 Å². The summed E-state index contributed by atoms with van der Waals surface area (Å²) >= 11 is 0. The van der Waals surface area contributed by atoms with E-state index in [0.717, 1.165) is 12.4 Å². The summed E-state index contributed by atoms with van der Waals surface area (Å²) in [4.78, 5) is 37.2. The number of hydrogen-bond donors (Lipinski definition) is 0. The number of aromatic nitrogens is 2. The van der Waals surface area contributed by atoms with Crippen molar-refractivity contribution in [1.29, 1.82) is 0 Å². The maximum atomic E-state index is 13.0. The third kappa shape index (κ3) is 5.81. The first-order valence-corrected chi connectivity index (χ1v) is 11.2. The Hall–Kier alpha value is -2.96. The minimum atomic E-state index is -0.0101. The summed E-state index contributed by atoms with van der Waals surface area (Å²) in [6, 6.07) is 7.48. The molecule has 7 nitrogen and oxygen atoms in total. The molecule has 2 aromatic rings. The van der Waals surface area contributed by atoms with Crippen LogP contribution in [-0.2, 0) is 11.2 Å². The van der Waals surface area contributed by atoms with Crippen molar-refractivity contribution in [2.45, 2.75) is 38.5 Å². The van der Waals surface area contributed by atoms with Crippen LogP contribution in [0.2, 0.25) is 0 Å². The van der Waals surface area contributed by atoms with Gasteiger partial charge in [0.25, 0.3) is 5.91 Å². The molecule has 0 bridgehead atoms. The van der Waals surface area contributed by atoms with Gasteiger partial charge >= 0.3 is 0 Å². The summed E-state index contributed by atoms with van der Waals surface area (Å²) in [7, 11) is 0. The zero-order chi connectivity index (χ0) is 21.5. The van der Waals surface area contributed by atoms with Crippen LogP contribution >= 0.6 is 0 Å². The highest BCUT2D eigenvalue weighted by Gasteiger charge is 2.25. The number of amides is 2. The number of carbonyl (C=O) groups is 2. The fraction of sp³-hybridized carbons (Fsp3) is 0.500. The number of rotatable bonds is 6.